The van der Waals surface area contributed by atoms with E-state index < -0.39 is 0 Å². The van der Waals surface area contributed by atoms with Crippen LogP contribution < -0.4 is 0 Å². The lowest BCUT2D eigenvalue weighted by molar-refractivity contribution is 0.280. The van der Waals surface area contributed by atoms with Gasteiger partial charge in [-0.05, 0) is 55.5 Å². The second kappa shape index (κ2) is 3.69. The molecule has 1 aromatic carbocycles. The third kappa shape index (κ3) is 1.59. The highest BCUT2D eigenvalue weighted by Gasteiger charge is 2.11. The van der Waals surface area contributed by atoms with Crippen molar-refractivity contribution >= 4 is 11.6 Å². The molecular formula is C11H15ClO. The zero-order valence-corrected chi connectivity index (χ0v) is 9.29. The summed E-state index contributed by atoms with van der Waals surface area (Å²) in [5.74, 6) is 0. The number of hydrogen-bond donors (Lipinski definition) is 1. The average Bonchev–Trinajstić information content (AvgIpc) is 2.13. The van der Waals surface area contributed by atoms with Crippen LogP contribution >= 0.6 is 11.6 Å². The molecule has 0 saturated heterocycles. The van der Waals surface area contributed by atoms with Gasteiger partial charge in [-0.3, -0.25) is 0 Å². The van der Waals surface area contributed by atoms with Gasteiger partial charge in [0.2, 0.25) is 0 Å². The first-order chi connectivity index (χ1) is 6.00. The van der Waals surface area contributed by atoms with Gasteiger partial charge in [0.1, 0.15) is 0 Å². The maximum Gasteiger partial charge on any atom is 0.0687 e. The van der Waals surface area contributed by atoms with Crippen LogP contribution in [0.25, 0.3) is 0 Å². The van der Waals surface area contributed by atoms with Crippen LogP contribution in [0.3, 0.4) is 0 Å². The molecule has 0 aliphatic rings. The lowest BCUT2D eigenvalue weighted by Gasteiger charge is -2.15. The summed E-state index contributed by atoms with van der Waals surface area (Å²) in [4.78, 5) is 0. The molecule has 0 saturated carbocycles. The van der Waals surface area contributed by atoms with Gasteiger partial charge in [0.05, 0.1) is 6.61 Å². The molecule has 0 aliphatic heterocycles. The van der Waals surface area contributed by atoms with E-state index in [0.717, 1.165) is 32.8 Å². The molecule has 0 bridgehead atoms. The minimum atomic E-state index is 0.0938. The molecule has 72 valence electrons. The molecule has 1 N–H and O–H groups in total. The van der Waals surface area contributed by atoms with Crippen molar-refractivity contribution in [1.29, 1.82) is 0 Å². The first-order valence-electron chi connectivity index (χ1n) is 4.36. The lowest BCUT2D eigenvalue weighted by atomic mass is 9.94. The molecule has 2 heteroatoms. The normalized spacial score (nSPS) is 10.6. The Kier molecular flexibility index (Phi) is 2.99. The second-order valence-corrected chi connectivity index (χ2v) is 3.83. The topological polar surface area (TPSA) is 20.2 Å². The highest BCUT2D eigenvalue weighted by molar-refractivity contribution is 6.32. The summed E-state index contributed by atoms with van der Waals surface area (Å²) in [5.41, 5.74) is 5.38. The van der Waals surface area contributed by atoms with E-state index in [0.29, 0.717) is 0 Å². The molecule has 0 heterocycles. The molecule has 0 fully saturated rings. The van der Waals surface area contributed by atoms with Gasteiger partial charge in [0.25, 0.3) is 0 Å². The first kappa shape index (κ1) is 10.6. The first-order valence-corrected chi connectivity index (χ1v) is 4.74. The summed E-state index contributed by atoms with van der Waals surface area (Å²) in [6.07, 6.45) is 0. The van der Waals surface area contributed by atoms with Crippen molar-refractivity contribution in [1.82, 2.24) is 0 Å². The number of halogens is 1. The van der Waals surface area contributed by atoms with Gasteiger partial charge in [-0.15, -0.1) is 0 Å². The monoisotopic (exact) mass is 198 g/mol. The zero-order chi connectivity index (χ0) is 10.2. The van der Waals surface area contributed by atoms with Crippen molar-refractivity contribution in [2.45, 2.75) is 34.3 Å². The number of benzene rings is 1. The lowest BCUT2D eigenvalue weighted by Crippen LogP contribution is -2.00. The number of hydrogen-bond acceptors (Lipinski definition) is 1. The minimum absolute atomic E-state index is 0.0938. The predicted molar refractivity (Wildman–Crippen MR) is 56.3 cm³/mol. The minimum Gasteiger partial charge on any atom is -0.392 e. The maximum absolute atomic E-state index is 9.20. The van der Waals surface area contributed by atoms with Gasteiger partial charge < -0.3 is 5.11 Å². The molecule has 1 aromatic rings. The largest absolute Gasteiger partial charge is 0.392 e. The van der Waals surface area contributed by atoms with E-state index in [1.165, 1.54) is 0 Å². The SMILES string of the molecule is Cc1c(C)c(CO)c(C)c(C)c1Cl. The van der Waals surface area contributed by atoms with Crippen LogP contribution in [0, 0.1) is 27.7 Å². The summed E-state index contributed by atoms with van der Waals surface area (Å²) in [6.45, 7) is 8.07. The van der Waals surface area contributed by atoms with Gasteiger partial charge in [-0.1, -0.05) is 11.6 Å². The van der Waals surface area contributed by atoms with Crippen LogP contribution in [0.4, 0.5) is 0 Å². The van der Waals surface area contributed by atoms with E-state index in [4.69, 9.17) is 11.6 Å². The summed E-state index contributed by atoms with van der Waals surface area (Å²) < 4.78 is 0. The fourth-order valence-electron chi connectivity index (χ4n) is 1.58. The van der Waals surface area contributed by atoms with Crippen molar-refractivity contribution in [3.63, 3.8) is 0 Å². The van der Waals surface area contributed by atoms with E-state index >= 15 is 0 Å². The molecule has 1 nitrogen and oxygen atoms in total. The molecule has 13 heavy (non-hydrogen) atoms. The summed E-state index contributed by atoms with van der Waals surface area (Å²) in [5, 5.41) is 10.0. The van der Waals surface area contributed by atoms with Gasteiger partial charge in [0.15, 0.2) is 0 Å². The van der Waals surface area contributed by atoms with Crippen LogP contribution in [0.15, 0.2) is 0 Å². The Labute approximate surface area is 84.4 Å². The molecule has 0 aromatic heterocycles. The fraction of sp³-hybridized carbons (Fsp3) is 0.455. The van der Waals surface area contributed by atoms with Gasteiger partial charge >= 0.3 is 0 Å². The fourth-order valence-corrected chi connectivity index (χ4v) is 1.87. The smallest absolute Gasteiger partial charge is 0.0687 e. The highest BCUT2D eigenvalue weighted by Crippen LogP contribution is 2.29. The van der Waals surface area contributed by atoms with Crippen molar-refractivity contribution in [3.8, 4) is 0 Å². The molecule has 0 spiro atoms. The average molecular weight is 199 g/mol. The van der Waals surface area contributed by atoms with Crippen LogP contribution in [-0.4, -0.2) is 5.11 Å². The molecule has 0 unspecified atom stereocenters. The number of aliphatic hydroxyl groups excluding tert-OH is 1. The van der Waals surface area contributed by atoms with Crippen LogP contribution in [0.5, 0.6) is 0 Å². The summed E-state index contributed by atoms with van der Waals surface area (Å²) in [6, 6.07) is 0. The van der Waals surface area contributed by atoms with E-state index in [-0.39, 0.29) is 6.61 Å². The maximum atomic E-state index is 9.20. The second-order valence-electron chi connectivity index (χ2n) is 3.45. The predicted octanol–water partition coefficient (Wildman–Crippen LogP) is 3.07. The zero-order valence-electron chi connectivity index (χ0n) is 8.53. The quantitative estimate of drug-likeness (QED) is 0.736. The van der Waals surface area contributed by atoms with Crippen LogP contribution in [0.1, 0.15) is 27.8 Å². The van der Waals surface area contributed by atoms with Crippen molar-refractivity contribution in [2.75, 3.05) is 0 Å². The van der Waals surface area contributed by atoms with Crippen LogP contribution in [0.2, 0.25) is 5.02 Å². The van der Waals surface area contributed by atoms with Gasteiger partial charge in [0, 0.05) is 5.02 Å². The Balaban J connectivity index is 3.56. The van der Waals surface area contributed by atoms with E-state index in [1.807, 2.05) is 27.7 Å². The summed E-state index contributed by atoms with van der Waals surface area (Å²) in [7, 11) is 0. The Hall–Kier alpha value is -0.530. The Morgan fingerprint density at radius 2 is 1.31 bits per heavy atom. The van der Waals surface area contributed by atoms with Crippen molar-refractivity contribution < 1.29 is 5.11 Å². The molecule has 0 aliphatic carbocycles. The van der Waals surface area contributed by atoms with Crippen molar-refractivity contribution in [2.24, 2.45) is 0 Å². The molecule has 0 amide bonds. The molecule has 1 rings (SSSR count). The van der Waals surface area contributed by atoms with E-state index in [1.54, 1.807) is 0 Å². The van der Waals surface area contributed by atoms with Gasteiger partial charge in [-0.25, -0.2) is 0 Å². The van der Waals surface area contributed by atoms with Crippen LogP contribution in [-0.2, 0) is 6.61 Å². The number of rotatable bonds is 1. The molecular weight excluding hydrogens is 184 g/mol. The molecule has 0 atom stereocenters. The summed E-state index contributed by atoms with van der Waals surface area (Å²) >= 11 is 6.14. The van der Waals surface area contributed by atoms with E-state index in [2.05, 4.69) is 0 Å². The third-order valence-electron chi connectivity index (χ3n) is 2.85. The Morgan fingerprint density at radius 3 is 1.62 bits per heavy atom. The standard InChI is InChI=1S/C11H15ClO/c1-6-8(3)11(12)9(4)7(2)10(6)5-13/h13H,5H2,1-4H3. The Bertz CT molecular complexity index is 313. The van der Waals surface area contributed by atoms with Crippen molar-refractivity contribution in [3.05, 3.63) is 32.8 Å². The van der Waals surface area contributed by atoms with E-state index in [9.17, 15) is 5.11 Å². The highest BCUT2D eigenvalue weighted by atomic mass is 35.5. The van der Waals surface area contributed by atoms with Gasteiger partial charge in [-0.2, -0.15) is 0 Å². The Morgan fingerprint density at radius 1 is 0.923 bits per heavy atom. The number of aliphatic hydroxyl groups is 1. The molecule has 0 radical (unpaired) electrons. The third-order valence-corrected chi connectivity index (χ3v) is 3.41.